The summed E-state index contributed by atoms with van der Waals surface area (Å²) in [6.07, 6.45) is 2.67. The quantitative estimate of drug-likeness (QED) is 0.523. The SMILES string of the molecule is CN=C(NCCc1cccs1)N1CCC(C(=O)OC)CC1. The van der Waals surface area contributed by atoms with Crippen molar-refractivity contribution in [2.75, 3.05) is 33.8 Å². The molecule has 0 atom stereocenters. The maximum atomic E-state index is 11.5. The Morgan fingerprint density at radius 1 is 1.52 bits per heavy atom. The number of nitrogens with one attached hydrogen (secondary N) is 1. The molecule has 5 nitrogen and oxygen atoms in total. The van der Waals surface area contributed by atoms with Crippen molar-refractivity contribution in [3.63, 3.8) is 0 Å². The molecule has 116 valence electrons. The molecule has 1 N–H and O–H groups in total. The fraction of sp³-hybridized carbons (Fsp3) is 0.600. The number of methoxy groups -OCH3 is 1. The van der Waals surface area contributed by atoms with Crippen molar-refractivity contribution in [1.82, 2.24) is 10.2 Å². The number of likely N-dealkylation sites (tertiary alicyclic amines) is 1. The lowest BCUT2D eigenvalue weighted by molar-refractivity contribution is -0.146. The first-order valence-electron chi connectivity index (χ1n) is 7.30. The zero-order valence-corrected chi connectivity index (χ0v) is 13.5. The molecule has 0 unspecified atom stereocenters. The molecule has 1 saturated heterocycles. The highest BCUT2D eigenvalue weighted by molar-refractivity contribution is 7.09. The maximum Gasteiger partial charge on any atom is 0.308 e. The number of piperidine rings is 1. The van der Waals surface area contributed by atoms with Crippen LogP contribution in [-0.2, 0) is 16.0 Å². The Labute approximate surface area is 130 Å². The molecule has 2 rings (SSSR count). The topological polar surface area (TPSA) is 53.9 Å². The number of hydrogen-bond acceptors (Lipinski definition) is 4. The number of thiophene rings is 1. The fourth-order valence-corrected chi connectivity index (χ4v) is 3.29. The molecule has 0 aliphatic carbocycles. The highest BCUT2D eigenvalue weighted by atomic mass is 32.1. The number of guanidine groups is 1. The van der Waals surface area contributed by atoms with E-state index in [-0.39, 0.29) is 11.9 Å². The first kappa shape index (κ1) is 15.8. The van der Waals surface area contributed by atoms with Gasteiger partial charge in [-0.15, -0.1) is 11.3 Å². The Morgan fingerprint density at radius 2 is 2.29 bits per heavy atom. The largest absolute Gasteiger partial charge is 0.469 e. The summed E-state index contributed by atoms with van der Waals surface area (Å²) < 4.78 is 4.82. The summed E-state index contributed by atoms with van der Waals surface area (Å²) in [6.45, 7) is 2.57. The number of ether oxygens (including phenoxy) is 1. The summed E-state index contributed by atoms with van der Waals surface area (Å²) in [5.74, 6) is 0.876. The molecule has 1 aromatic rings. The van der Waals surface area contributed by atoms with Crippen molar-refractivity contribution in [1.29, 1.82) is 0 Å². The van der Waals surface area contributed by atoms with E-state index in [2.05, 4.69) is 32.7 Å². The van der Waals surface area contributed by atoms with E-state index in [1.165, 1.54) is 12.0 Å². The number of esters is 1. The third-order valence-corrected chi connectivity index (χ3v) is 4.71. The highest BCUT2D eigenvalue weighted by Gasteiger charge is 2.26. The minimum atomic E-state index is -0.0877. The molecule has 1 aliphatic rings. The smallest absolute Gasteiger partial charge is 0.308 e. The molecular formula is C15H23N3O2S. The second-order valence-electron chi connectivity index (χ2n) is 5.09. The fourth-order valence-electron chi connectivity index (χ4n) is 2.58. The summed E-state index contributed by atoms with van der Waals surface area (Å²) in [5.41, 5.74) is 0. The lowest BCUT2D eigenvalue weighted by atomic mass is 9.97. The zero-order chi connectivity index (χ0) is 15.1. The van der Waals surface area contributed by atoms with E-state index in [0.29, 0.717) is 0 Å². The summed E-state index contributed by atoms with van der Waals surface area (Å²) in [5, 5.41) is 5.50. The molecule has 0 saturated carbocycles. The van der Waals surface area contributed by atoms with Crippen LogP contribution in [0.2, 0.25) is 0 Å². The lowest BCUT2D eigenvalue weighted by Gasteiger charge is -2.33. The lowest BCUT2D eigenvalue weighted by Crippen LogP contribution is -2.47. The highest BCUT2D eigenvalue weighted by Crippen LogP contribution is 2.18. The van der Waals surface area contributed by atoms with Gasteiger partial charge in [-0.3, -0.25) is 9.79 Å². The van der Waals surface area contributed by atoms with E-state index in [1.54, 1.807) is 18.4 Å². The van der Waals surface area contributed by atoms with Crippen LogP contribution in [0.5, 0.6) is 0 Å². The van der Waals surface area contributed by atoms with Gasteiger partial charge in [-0.1, -0.05) is 6.07 Å². The molecule has 0 spiro atoms. The molecule has 0 bridgehead atoms. The number of nitrogens with zero attached hydrogens (tertiary/aromatic N) is 2. The van der Waals surface area contributed by atoms with Gasteiger partial charge >= 0.3 is 5.97 Å². The monoisotopic (exact) mass is 309 g/mol. The molecule has 1 aliphatic heterocycles. The van der Waals surface area contributed by atoms with Gasteiger partial charge in [0.2, 0.25) is 0 Å². The van der Waals surface area contributed by atoms with Crippen molar-refractivity contribution in [3.8, 4) is 0 Å². The normalized spacial score (nSPS) is 16.9. The summed E-state index contributed by atoms with van der Waals surface area (Å²) in [6, 6.07) is 4.23. The second kappa shape index (κ2) is 8.02. The third kappa shape index (κ3) is 4.46. The van der Waals surface area contributed by atoms with E-state index in [9.17, 15) is 4.79 Å². The van der Waals surface area contributed by atoms with Crippen LogP contribution in [0, 0.1) is 5.92 Å². The van der Waals surface area contributed by atoms with E-state index in [1.807, 2.05) is 0 Å². The van der Waals surface area contributed by atoms with Crippen molar-refractivity contribution >= 4 is 23.3 Å². The molecular weight excluding hydrogens is 286 g/mol. The van der Waals surface area contributed by atoms with Crippen LogP contribution in [-0.4, -0.2) is 50.6 Å². The second-order valence-corrected chi connectivity index (χ2v) is 6.12. The third-order valence-electron chi connectivity index (χ3n) is 3.78. The average Bonchev–Trinajstić information content (AvgIpc) is 3.04. The summed E-state index contributed by atoms with van der Waals surface area (Å²) >= 11 is 1.78. The van der Waals surface area contributed by atoms with Crippen LogP contribution in [0.1, 0.15) is 17.7 Å². The molecule has 21 heavy (non-hydrogen) atoms. The van der Waals surface area contributed by atoms with Crippen LogP contribution in [0.4, 0.5) is 0 Å². The Bertz CT molecular complexity index is 465. The standard InChI is InChI=1S/C15H23N3O2S/c1-16-15(17-8-5-13-4-3-11-21-13)18-9-6-12(7-10-18)14(19)20-2/h3-4,11-12H,5-10H2,1-2H3,(H,16,17). The van der Waals surface area contributed by atoms with Crippen LogP contribution in [0.3, 0.4) is 0 Å². The molecule has 2 heterocycles. The number of carbonyl (C=O) groups is 1. The van der Waals surface area contributed by atoms with Crippen molar-refractivity contribution in [2.24, 2.45) is 10.9 Å². The van der Waals surface area contributed by atoms with E-state index in [0.717, 1.165) is 44.9 Å². The minimum absolute atomic E-state index is 0.0375. The van der Waals surface area contributed by atoms with Gasteiger partial charge in [-0.05, 0) is 30.7 Å². The van der Waals surface area contributed by atoms with Gasteiger partial charge in [-0.2, -0.15) is 0 Å². The number of rotatable bonds is 4. The Hall–Kier alpha value is -1.56. The number of aliphatic imine (C=N–C) groups is 1. The van der Waals surface area contributed by atoms with Gasteiger partial charge in [0.15, 0.2) is 5.96 Å². The minimum Gasteiger partial charge on any atom is -0.469 e. The van der Waals surface area contributed by atoms with E-state index >= 15 is 0 Å². The number of carbonyl (C=O) groups excluding carboxylic acids is 1. The molecule has 1 aromatic heterocycles. The molecule has 6 heteroatoms. The van der Waals surface area contributed by atoms with Crippen LogP contribution in [0.25, 0.3) is 0 Å². The van der Waals surface area contributed by atoms with Gasteiger partial charge in [0, 0.05) is 31.6 Å². The first-order valence-corrected chi connectivity index (χ1v) is 8.18. The van der Waals surface area contributed by atoms with Gasteiger partial charge in [0.25, 0.3) is 0 Å². The summed E-state index contributed by atoms with van der Waals surface area (Å²) in [7, 11) is 3.26. The van der Waals surface area contributed by atoms with Crippen molar-refractivity contribution in [3.05, 3.63) is 22.4 Å². The number of hydrogen-bond donors (Lipinski definition) is 1. The van der Waals surface area contributed by atoms with Crippen LogP contribution in [0.15, 0.2) is 22.5 Å². The Morgan fingerprint density at radius 3 is 2.86 bits per heavy atom. The Kier molecular flexibility index (Phi) is 6.04. The molecule has 0 aromatic carbocycles. The van der Waals surface area contributed by atoms with E-state index in [4.69, 9.17) is 4.74 Å². The molecule has 0 amide bonds. The van der Waals surface area contributed by atoms with Gasteiger partial charge in [0.05, 0.1) is 13.0 Å². The van der Waals surface area contributed by atoms with Crippen molar-refractivity contribution in [2.45, 2.75) is 19.3 Å². The van der Waals surface area contributed by atoms with E-state index < -0.39 is 0 Å². The maximum absolute atomic E-state index is 11.5. The molecule has 1 fully saturated rings. The van der Waals surface area contributed by atoms with Gasteiger partial charge in [0.1, 0.15) is 0 Å². The van der Waals surface area contributed by atoms with Crippen molar-refractivity contribution < 1.29 is 9.53 Å². The predicted molar refractivity (Wildman–Crippen MR) is 85.7 cm³/mol. The van der Waals surface area contributed by atoms with Crippen LogP contribution >= 0.6 is 11.3 Å². The van der Waals surface area contributed by atoms with Gasteiger partial charge in [-0.25, -0.2) is 0 Å². The predicted octanol–water partition coefficient (Wildman–Crippen LogP) is 1.75. The zero-order valence-electron chi connectivity index (χ0n) is 12.7. The average molecular weight is 309 g/mol. The van der Waals surface area contributed by atoms with Crippen LogP contribution < -0.4 is 5.32 Å². The summed E-state index contributed by atoms with van der Waals surface area (Å²) in [4.78, 5) is 19.5. The first-order chi connectivity index (χ1) is 10.2. The van der Waals surface area contributed by atoms with Gasteiger partial charge < -0.3 is 15.0 Å². The molecule has 0 radical (unpaired) electrons. The Balaban J connectivity index is 1.76.